The van der Waals surface area contributed by atoms with Gasteiger partial charge in [0.2, 0.25) is 10.0 Å². The SMILES string of the molecule is Cc1ccc(S(=O)(=O)N2C[C@H](C)C[C@@H]2Cc2ccccc2)cc1. The van der Waals surface area contributed by atoms with Crippen LogP contribution in [0.25, 0.3) is 0 Å². The molecule has 1 aliphatic rings. The fourth-order valence-corrected chi connectivity index (χ4v) is 5.08. The quantitative estimate of drug-likeness (QED) is 0.859. The molecule has 3 nitrogen and oxygen atoms in total. The van der Waals surface area contributed by atoms with Gasteiger partial charge in [-0.25, -0.2) is 8.42 Å². The number of benzene rings is 2. The summed E-state index contributed by atoms with van der Waals surface area (Å²) in [5, 5.41) is 0. The van der Waals surface area contributed by atoms with Gasteiger partial charge in [-0.2, -0.15) is 4.31 Å². The number of hydrogen-bond donors (Lipinski definition) is 0. The minimum absolute atomic E-state index is 0.0405. The van der Waals surface area contributed by atoms with Crippen LogP contribution in [0.2, 0.25) is 0 Å². The Hall–Kier alpha value is -1.65. The standard InChI is InChI=1S/C19H23NO2S/c1-15-8-10-19(11-9-15)23(21,22)20-14-16(2)12-18(20)13-17-6-4-3-5-7-17/h3-11,16,18H,12-14H2,1-2H3/t16-,18-/m1/s1. The smallest absolute Gasteiger partial charge is 0.207 e. The maximum atomic E-state index is 13.0. The van der Waals surface area contributed by atoms with Crippen LogP contribution in [-0.4, -0.2) is 25.3 Å². The first-order chi connectivity index (χ1) is 11.0. The van der Waals surface area contributed by atoms with Gasteiger partial charge in [-0.1, -0.05) is 55.0 Å². The summed E-state index contributed by atoms with van der Waals surface area (Å²) in [5.41, 5.74) is 2.26. The Kier molecular flexibility index (Phi) is 4.55. The first-order valence-electron chi connectivity index (χ1n) is 8.09. The van der Waals surface area contributed by atoms with Crippen LogP contribution in [0.15, 0.2) is 59.5 Å². The van der Waals surface area contributed by atoms with Crippen molar-refractivity contribution in [3.8, 4) is 0 Å². The molecule has 0 bridgehead atoms. The van der Waals surface area contributed by atoms with Crippen molar-refractivity contribution in [3.05, 3.63) is 65.7 Å². The molecule has 0 N–H and O–H groups in total. The van der Waals surface area contributed by atoms with Crippen molar-refractivity contribution in [1.82, 2.24) is 4.31 Å². The topological polar surface area (TPSA) is 37.4 Å². The average molecular weight is 329 g/mol. The van der Waals surface area contributed by atoms with Crippen molar-refractivity contribution in [1.29, 1.82) is 0 Å². The molecule has 0 aromatic heterocycles. The summed E-state index contributed by atoms with van der Waals surface area (Å²) in [6.45, 7) is 4.70. The van der Waals surface area contributed by atoms with E-state index in [1.165, 1.54) is 5.56 Å². The maximum Gasteiger partial charge on any atom is 0.243 e. The summed E-state index contributed by atoms with van der Waals surface area (Å²) in [5.74, 6) is 0.393. The van der Waals surface area contributed by atoms with Crippen molar-refractivity contribution in [2.75, 3.05) is 6.54 Å². The number of rotatable bonds is 4. The summed E-state index contributed by atoms with van der Waals surface area (Å²) in [4.78, 5) is 0.398. The van der Waals surface area contributed by atoms with E-state index >= 15 is 0 Å². The molecule has 23 heavy (non-hydrogen) atoms. The first-order valence-corrected chi connectivity index (χ1v) is 9.53. The zero-order chi connectivity index (χ0) is 16.4. The summed E-state index contributed by atoms with van der Waals surface area (Å²) in [6.07, 6.45) is 1.69. The van der Waals surface area contributed by atoms with Crippen LogP contribution in [-0.2, 0) is 16.4 Å². The van der Waals surface area contributed by atoms with E-state index in [0.717, 1.165) is 18.4 Å². The van der Waals surface area contributed by atoms with Crippen LogP contribution in [0.1, 0.15) is 24.5 Å². The number of nitrogens with zero attached hydrogens (tertiary/aromatic N) is 1. The molecule has 0 saturated carbocycles. The molecule has 2 aromatic rings. The Morgan fingerprint density at radius 2 is 1.70 bits per heavy atom. The molecule has 1 fully saturated rings. The Morgan fingerprint density at radius 3 is 2.35 bits per heavy atom. The van der Waals surface area contributed by atoms with Gasteiger partial charge in [-0.15, -0.1) is 0 Å². The fourth-order valence-electron chi connectivity index (χ4n) is 3.32. The van der Waals surface area contributed by atoms with E-state index < -0.39 is 10.0 Å². The summed E-state index contributed by atoms with van der Waals surface area (Å²) >= 11 is 0. The highest BCUT2D eigenvalue weighted by Crippen LogP contribution is 2.31. The van der Waals surface area contributed by atoms with Gasteiger partial charge in [-0.05, 0) is 43.4 Å². The molecule has 0 radical (unpaired) electrons. The number of aryl methyl sites for hydroxylation is 1. The Balaban J connectivity index is 1.88. The van der Waals surface area contributed by atoms with E-state index in [1.807, 2.05) is 37.3 Å². The Bertz CT molecular complexity index is 754. The minimum atomic E-state index is -3.42. The lowest BCUT2D eigenvalue weighted by Crippen LogP contribution is -2.37. The normalized spacial score (nSPS) is 22.3. The zero-order valence-electron chi connectivity index (χ0n) is 13.6. The molecule has 0 aliphatic carbocycles. The van der Waals surface area contributed by atoms with Crippen LogP contribution in [0.4, 0.5) is 0 Å². The van der Waals surface area contributed by atoms with Crippen molar-refractivity contribution < 1.29 is 8.42 Å². The Labute approximate surface area is 139 Å². The predicted octanol–water partition coefficient (Wildman–Crippen LogP) is 3.64. The second kappa shape index (κ2) is 6.46. The lowest BCUT2D eigenvalue weighted by molar-refractivity contribution is 0.384. The van der Waals surface area contributed by atoms with E-state index in [4.69, 9.17) is 0 Å². The van der Waals surface area contributed by atoms with Gasteiger partial charge in [-0.3, -0.25) is 0 Å². The van der Waals surface area contributed by atoms with Crippen LogP contribution in [0, 0.1) is 12.8 Å². The molecular formula is C19H23NO2S. The minimum Gasteiger partial charge on any atom is -0.207 e. The first kappa shape index (κ1) is 16.2. The highest BCUT2D eigenvalue weighted by atomic mass is 32.2. The molecule has 0 spiro atoms. The predicted molar refractivity (Wildman–Crippen MR) is 92.8 cm³/mol. The van der Waals surface area contributed by atoms with Crippen molar-refractivity contribution in [3.63, 3.8) is 0 Å². The van der Waals surface area contributed by atoms with E-state index in [0.29, 0.717) is 17.4 Å². The molecular weight excluding hydrogens is 306 g/mol. The van der Waals surface area contributed by atoms with Gasteiger partial charge in [0.1, 0.15) is 0 Å². The molecule has 3 rings (SSSR count). The van der Waals surface area contributed by atoms with Gasteiger partial charge >= 0.3 is 0 Å². The van der Waals surface area contributed by atoms with Gasteiger partial charge in [0, 0.05) is 12.6 Å². The van der Waals surface area contributed by atoms with E-state index in [9.17, 15) is 8.42 Å². The summed E-state index contributed by atoms with van der Waals surface area (Å²) in [7, 11) is -3.42. The lowest BCUT2D eigenvalue weighted by atomic mass is 10.0. The summed E-state index contributed by atoms with van der Waals surface area (Å²) < 4.78 is 27.7. The summed E-state index contributed by atoms with van der Waals surface area (Å²) in [6, 6.07) is 17.3. The van der Waals surface area contributed by atoms with E-state index in [2.05, 4.69) is 19.1 Å². The molecule has 2 aromatic carbocycles. The van der Waals surface area contributed by atoms with Crippen LogP contribution >= 0.6 is 0 Å². The van der Waals surface area contributed by atoms with E-state index in [1.54, 1.807) is 16.4 Å². The molecule has 1 heterocycles. The van der Waals surface area contributed by atoms with Crippen molar-refractivity contribution >= 4 is 10.0 Å². The highest BCUT2D eigenvalue weighted by molar-refractivity contribution is 7.89. The maximum absolute atomic E-state index is 13.0. The molecule has 122 valence electrons. The molecule has 0 amide bonds. The van der Waals surface area contributed by atoms with Crippen LogP contribution in [0.3, 0.4) is 0 Å². The van der Waals surface area contributed by atoms with Gasteiger partial charge in [0.15, 0.2) is 0 Å². The number of sulfonamides is 1. The monoisotopic (exact) mass is 329 g/mol. The largest absolute Gasteiger partial charge is 0.243 e. The molecule has 2 atom stereocenters. The van der Waals surface area contributed by atoms with Gasteiger partial charge in [0.05, 0.1) is 4.90 Å². The fraction of sp³-hybridized carbons (Fsp3) is 0.368. The second-order valence-electron chi connectivity index (χ2n) is 6.57. The van der Waals surface area contributed by atoms with Crippen LogP contribution in [0.5, 0.6) is 0 Å². The second-order valence-corrected chi connectivity index (χ2v) is 8.46. The van der Waals surface area contributed by atoms with Crippen molar-refractivity contribution in [2.45, 2.75) is 37.6 Å². The molecule has 1 saturated heterocycles. The lowest BCUT2D eigenvalue weighted by Gasteiger charge is -2.24. The molecule has 4 heteroatoms. The van der Waals surface area contributed by atoms with E-state index in [-0.39, 0.29) is 6.04 Å². The van der Waals surface area contributed by atoms with Crippen LogP contribution < -0.4 is 0 Å². The van der Waals surface area contributed by atoms with Gasteiger partial charge < -0.3 is 0 Å². The zero-order valence-corrected chi connectivity index (χ0v) is 14.5. The number of hydrogen-bond acceptors (Lipinski definition) is 2. The highest BCUT2D eigenvalue weighted by Gasteiger charge is 2.38. The average Bonchev–Trinajstić information content (AvgIpc) is 2.90. The van der Waals surface area contributed by atoms with Crippen molar-refractivity contribution in [2.24, 2.45) is 5.92 Å². The third-order valence-electron chi connectivity index (χ3n) is 4.52. The van der Waals surface area contributed by atoms with Gasteiger partial charge in [0.25, 0.3) is 0 Å². The molecule has 1 aliphatic heterocycles. The third-order valence-corrected chi connectivity index (χ3v) is 6.45. The third kappa shape index (κ3) is 3.48. The molecule has 0 unspecified atom stereocenters. The Morgan fingerprint density at radius 1 is 1.04 bits per heavy atom.